The number of benzene rings is 1. The summed E-state index contributed by atoms with van der Waals surface area (Å²) in [7, 11) is 0. The lowest BCUT2D eigenvalue weighted by atomic mass is 10.1. The van der Waals surface area contributed by atoms with Gasteiger partial charge in [0.15, 0.2) is 5.82 Å². The fraction of sp³-hybridized carbons (Fsp3) is 0.286. The van der Waals surface area contributed by atoms with Crippen LogP contribution in [0.4, 0.5) is 5.82 Å². The van der Waals surface area contributed by atoms with E-state index in [0.717, 1.165) is 41.7 Å². The summed E-state index contributed by atoms with van der Waals surface area (Å²) in [6.45, 7) is 2.80. The molecule has 1 heterocycles. The van der Waals surface area contributed by atoms with Gasteiger partial charge in [-0.1, -0.05) is 24.3 Å². The van der Waals surface area contributed by atoms with Crippen LogP contribution in [0.15, 0.2) is 24.3 Å². The Bertz CT molecular complexity index is 555. The van der Waals surface area contributed by atoms with Crippen LogP contribution in [0.2, 0.25) is 0 Å². The summed E-state index contributed by atoms with van der Waals surface area (Å²) in [4.78, 5) is 0. The Hall–Kier alpha value is -2.08. The summed E-state index contributed by atoms with van der Waals surface area (Å²) in [5.74, 6) is 3.46. The van der Waals surface area contributed by atoms with Crippen molar-refractivity contribution in [3.63, 3.8) is 0 Å². The quantitative estimate of drug-likeness (QED) is 0.642. The molecule has 0 saturated carbocycles. The number of hydrogen-bond donors (Lipinski definition) is 1. The van der Waals surface area contributed by atoms with Gasteiger partial charge in [-0.25, -0.2) is 0 Å². The number of aryl methyl sites for hydroxylation is 1. The summed E-state index contributed by atoms with van der Waals surface area (Å²) in [5, 5.41) is 13.9. The molecule has 86 valence electrons. The van der Waals surface area contributed by atoms with Gasteiger partial charge in [-0.2, -0.15) is 5.10 Å². The number of anilines is 1. The second-order valence-electron chi connectivity index (χ2n) is 3.91. The highest BCUT2D eigenvalue weighted by atomic mass is 15.2. The summed E-state index contributed by atoms with van der Waals surface area (Å²) in [6, 6.07) is 8.14. The maximum atomic E-state index is 5.21. The molecule has 2 aromatic rings. The largest absolute Gasteiger partial charge is 0.368 e. The minimum Gasteiger partial charge on any atom is -0.368 e. The molecule has 0 fully saturated rings. The van der Waals surface area contributed by atoms with E-state index in [0.29, 0.717) is 0 Å². The molecular formula is C14H15N3. The van der Waals surface area contributed by atoms with Gasteiger partial charge in [0.1, 0.15) is 0 Å². The number of terminal acetylenes is 1. The van der Waals surface area contributed by atoms with Crippen molar-refractivity contribution in [2.75, 3.05) is 11.9 Å². The molecule has 1 aromatic heterocycles. The Balaban J connectivity index is 2.23. The highest BCUT2D eigenvalue weighted by Gasteiger charge is 2.04. The molecule has 1 aromatic carbocycles. The first-order valence-electron chi connectivity index (χ1n) is 5.72. The Kier molecular flexibility index (Phi) is 3.56. The number of fused-ring (bicyclic) bond motifs is 1. The van der Waals surface area contributed by atoms with Crippen LogP contribution in [0, 0.1) is 19.3 Å². The molecule has 0 bridgehead atoms. The van der Waals surface area contributed by atoms with Gasteiger partial charge in [-0.3, -0.25) is 0 Å². The predicted octanol–water partition coefficient (Wildman–Crippen LogP) is 2.76. The second kappa shape index (κ2) is 5.31. The van der Waals surface area contributed by atoms with E-state index in [2.05, 4.69) is 33.6 Å². The standard InChI is InChI=1S/C14H15N3/c1-3-4-7-10-15-14-13-9-6-5-8-12(13)11(2)16-17-14/h1,5-6,8-9H,4,7,10H2,2H3,(H,15,17). The number of aromatic nitrogens is 2. The normalized spacial score (nSPS) is 10.1. The van der Waals surface area contributed by atoms with Crippen molar-refractivity contribution in [1.29, 1.82) is 0 Å². The molecule has 3 nitrogen and oxygen atoms in total. The van der Waals surface area contributed by atoms with Crippen LogP contribution in [0.3, 0.4) is 0 Å². The Labute approximate surface area is 101 Å². The van der Waals surface area contributed by atoms with E-state index >= 15 is 0 Å². The summed E-state index contributed by atoms with van der Waals surface area (Å²) >= 11 is 0. The molecule has 0 aliphatic carbocycles. The number of unbranched alkanes of at least 4 members (excludes halogenated alkanes) is 1. The van der Waals surface area contributed by atoms with Gasteiger partial charge < -0.3 is 5.32 Å². The molecule has 2 rings (SSSR count). The molecule has 0 spiro atoms. The zero-order valence-corrected chi connectivity index (χ0v) is 9.90. The molecule has 0 saturated heterocycles. The second-order valence-corrected chi connectivity index (χ2v) is 3.91. The molecule has 0 amide bonds. The van der Waals surface area contributed by atoms with Crippen molar-refractivity contribution in [1.82, 2.24) is 10.2 Å². The van der Waals surface area contributed by atoms with Gasteiger partial charge in [0.25, 0.3) is 0 Å². The first-order valence-corrected chi connectivity index (χ1v) is 5.72. The Morgan fingerprint density at radius 2 is 2.00 bits per heavy atom. The zero-order valence-electron chi connectivity index (χ0n) is 9.90. The van der Waals surface area contributed by atoms with E-state index in [9.17, 15) is 0 Å². The Morgan fingerprint density at radius 1 is 1.24 bits per heavy atom. The van der Waals surface area contributed by atoms with Crippen LogP contribution in [0.5, 0.6) is 0 Å². The van der Waals surface area contributed by atoms with Crippen molar-refractivity contribution >= 4 is 16.6 Å². The fourth-order valence-corrected chi connectivity index (χ4v) is 1.77. The molecule has 17 heavy (non-hydrogen) atoms. The minimum absolute atomic E-state index is 0.782. The SMILES string of the molecule is C#CCCCNc1nnc(C)c2ccccc12. The molecule has 0 aliphatic rings. The summed E-state index contributed by atoms with van der Waals surface area (Å²) < 4.78 is 0. The third-order valence-electron chi connectivity index (χ3n) is 2.66. The van der Waals surface area contributed by atoms with Gasteiger partial charge in [0, 0.05) is 23.7 Å². The van der Waals surface area contributed by atoms with Crippen LogP contribution < -0.4 is 5.32 Å². The first-order chi connectivity index (χ1) is 8.33. The number of nitrogens with zero attached hydrogens (tertiary/aromatic N) is 2. The monoisotopic (exact) mass is 225 g/mol. The van der Waals surface area contributed by atoms with Gasteiger partial charge in [-0.05, 0) is 13.3 Å². The van der Waals surface area contributed by atoms with Crippen LogP contribution in [-0.4, -0.2) is 16.7 Å². The van der Waals surface area contributed by atoms with Crippen LogP contribution in [-0.2, 0) is 0 Å². The van der Waals surface area contributed by atoms with Crippen molar-refractivity contribution in [3.8, 4) is 12.3 Å². The predicted molar refractivity (Wildman–Crippen MR) is 70.8 cm³/mol. The number of nitrogens with one attached hydrogen (secondary N) is 1. The zero-order chi connectivity index (χ0) is 12.1. The topological polar surface area (TPSA) is 37.8 Å². The molecule has 1 N–H and O–H groups in total. The molecule has 0 aliphatic heterocycles. The van der Waals surface area contributed by atoms with E-state index in [1.54, 1.807) is 0 Å². The van der Waals surface area contributed by atoms with Gasteiger partial charge in [-0.15, -0.1) is 17.4 Å². The third-order valence-corrected chi connectivity index (χ3v) is 2.66. The maximum Gasteiger partial charge on any atom is 0.156 e. The molecule has 3 heteroatoms. The third kappa shape index (κ3) is 2.54. The number of hydrogen-bond acceptors (Lipinski definition) is 3. The molecule has 0 radical (unpaired) electrons. The van der Waals surface area contributed by atoms with E-state index in [1.807, 2.05) is 19.1 Å². The van der Waals surface area contributed by atoms with Crippen LogP contribution >= 0.6 is 0 Å². The smallest absolute Gasteiger partial charge is 0.156 e. The lowest BCUT2D eigenvalue weighted by molar-refractivity contribution is 0.891. The van der Waals surface area contributed by atoms with Crippen molar-refractivity contribution in [2.24, 2.45) is 0 Å². The maximum absolute atomic E-state index is 5.21. The number of rotatable bonds is 4. The Morgan fingerprint density at radius 3 is 2.76 bits per heavy atom. The lowest BCUT2D eigenvalue weighted by Gasteiger charge is -2.08. The van der Waals surface area contributed by atoms with Crippen LogP contribution in [0.25, 0.3) is 10.8 Å². The average Bonchev–Trinajstić information content (AvgIpc) is 2.37. The summed E-state index contributed by atoms with van der Waals surface area (Å²) in [5.41, 5.74) is 0.953. The fourth-order valence-electron chi connectivity index (χ4n) is 1.77. The average molecular weight is 225 g/mol. The highest BCUT2D eigenvalue weighted by molar-refractivity contribution is 5.92. The van der Waals surface area contributed by atoms with E-state index in [1.165, 1.54) is 0 Å². The van der Waals surface area contributed by atoms with E-state index < -0.39 is 0 Å². The van der Waals surface area contributed by atoms with Crippen molar-refractivity contribution in [2.45, 2.75) is 19.8 Å². The van der Waals surface area contributed by atoms with E-state index in [-0.39, 0.29) is 0 Å². The van der Waals surface area contributed by atoms with Gasteiger partial charge >= 0.3 is 0 Å². The van der Waals surface area contributed by atoms with Crippen molar-refractivity contribution in [3.05, 3.63) is 30.0 Å². The van der Waals surface area contributed by atoms with E-state index in [4.69, 9.17) is 6.42 Å². The van der Waals surface area contributed by atoms with Crippen molar-refractivity contribution < 1.29 is 0 Å². The molecular weight excluding hydrogens is 210 g/mol. The highest BCUT2D eigenvalue weighted by Crippen LogP contribution is 2.21. The first kappa shape index (κ1) is 11.4. The molecule has 0 atom stereocenters. The lowest BCUT2D eigenvalue weighted by Crippen LogP contribution is -2.05. The molecule has 0 unspecified atom stereocenters. The minimum atomic E-state index is 0.782. The summed E-state index contributed by atoms with van der Waals surface area (Å²) in [6.07, 6.45) is 6.94. The van der Waals surface area contributed by atoms with Crippen LogP contribution in [0.1, 0.15) is 18.5 Å². The van der Waals surface area contributed by atoms with Gasteiger partial charge in [0.05, 0.1) is 5.69 Å². The van der Waals surface area contributed by atoms with Gasteiger partial charge in [0.2, 0.25) is 0 Å².